The lowest BCUT2D eigenvalue weighted by molar-refractivity contribution is 0.223. The molecule has 0 aromatic heterocycles. The molecule has 1 fully saturated rings. The van der Waals surface area contributed by atoms with Crippen molar-refractivity contribution in [2.75, 3.05) is 7.11 Å². The number of hydrogen-bond donors (Lipinski definition) is 0. The first-order valence-corrected chi connectivity index (χ1v) is 9.73. The predicted octanol–water partition coefficient (Wildman–Crippen LogP) is 6.62. The van der Waals surface area contributed by atoms with Gasteiger partial charge in [-0.3, -0.25) is 0 Å². The molecule has 1 aromatic carbocycles. The van der Waals surface area contributed by atoms with Crippen LogP contribution in [0.1, 0.15) is 50.5 Å². The van der Waals surface area contributed by atoms with Gasteiger partial charge in [0.05, 0.1) is 7.11 Å². The molecule has 1 saturated carbocycles. The summed E-state index contributed by atoms with van der Waals surface area (Å²) in [5, 5.41) is 0. The second-order valence-electron chi connectivity index (χ2n) is 7.43. The minimum atomic E-state index is -1.57. The third-order valence-electron chi connectivity index (χ3n) is 5.81. The average Bonchev–Trinajstić information content (AvgIpc) is 2.69. The fourth-order valence-electron chi connectivity index (χ4n) is 4.03. The second-order valence-corrected chi connectivity index (χ2v) is 7.43. The molecule has 2 unspecified atom stereocenters. The zero-order chi connectivity index (χ0) is 19.4. The Kier molecular flexibility index (Phi) is 6.46. The van der Waals surface area contributed by atoms with E-state index >= 15 is 0 Å². The summed E-state index contributed by atoms with van der Waals surface area (Å²) in [6, 6.07) is 5.18. The molecule has 0 heterocycles. The number of allylic oxidation sites excluding steroid dienone is 6. The molecular formula is C23H27F3O. The van der Waals surface area contributed by atoms with Gasteiger partial charge in [0, 0.05) is 0 Å². The van der Waals surface area contributed by atoms with E-state index < -0.39 is 12.3 Å². The first kappa shape index (κ1) is 19.8. The van der Waals surface area contributed by atoms with Crippen LogP contribution in [0, 0.1) is 11.7 Å². The van der Waals surface area contributed by atoms with E-state index in [1.807, 2.05) is 19.1 Å². The van der Waals surface area contributed by atoms with Crippen molar-refractivity contribution in [1.29, 1.82) is 0 Å². The molecule has 0 bridgehead atoms. The molecule has 2 aliphatic carbocycles. The van der Waals surface area contributed by atoms with E-state index in [4.69, 9.17) is 4.74 Å². The fraction of sp³-hybridized carbons (Fsp3) is 0.478. The van der Waals surface area contributed by atoms with Gasteiger partial charge >= 0.3 is 0 Å². The van der Waals surface area contributed by atoms with Crippen LogP contribution >= 0.6 is 0 Å². The van der Waals surface area contributed by atoms with Gasteiger partial charge < -0.3 is 4.74 Å². The molecule has 2 atom stereocenters. The lowest BCUT2D eigenvalue weighted by Crippen LogP contribution is -2.23. The number of ether oxygens (including phenoxy) is 1. The summed E-state index contributed by atoms with van der Waals surface area (Å²) in [6.07, 6.45) is 8.46. The zero-order valence-electron chi connectivity index (χ0n) is 15.9. The molecule has 146 valence electrons. The Bertz CT molecular complexity index is 742. The van der Waals surface area contributed by atoms with Crippen molar-refractivity contribution < 1.29 is 17.9 Å². The lowest BCUT2D eigenvalue weighted by Gasteiger charge is -2.27. The highest BCUT2D eigenvalue weighted by Gasteiger charge is 2.29. The highest BCUT2D eigenvalue weighted by Crippen LogP contribution is 2.38. The summed E-state index contributed by atoms with van der Waals surface area (Å²) in [5.41, 5.74) is 1.94. The van der Waals surface area contributed by atoms with Crippen molar-refractivity contribution in [3.63, 3.8) is 0 Å². The van der Waals surface area contributed by atoms with Gasteiger partial charge in [-0.05, 0) is 72.8 Å². The first-order valence-electron chi connectivity index (χ1n) is 9.73. The Morgan fingerprint density at radius 2 is 1.81 bits per heavy atom. The monoisotopic (exact) mass is 376 g/mol. The summed E-state index contributed by atoms with van der Waals surface area (Å²) in [7, 11) is 1.46. The van der Waals surface area contributed by atoms with Crippen LogP contribution in [-0.4, -0.2) is 19.5 Å². The van der Waals surface area contributed by atoms with Crippen LogP contribution in [0.5, 0.6) is 5.75 Å². The summed E-state index contributed by atoms with van der Waals surface area (Å²) in [6.45, 7) is 1.84. The van der Waals surface area contributed by atoms with Gasteiger partial charge in [-0.15, -0.1) is 0 Å². The number of benzene rings is 1. The molecule has 3 rings (SSSR count). The van der Waals surface area contributed by atoms with E-state index in [1.165, 1.54) is 7.11 Å². The topological polar surface area (TPSA) is 9.23 Å². The molecule has 0 N–H and O–H groups in total. The minimum Gasteiger partial charge on any atom is -0.494 e. The van der Waals surface area contributed by atoms with Crippen molar-refractivity contribution in [3.05, 3.63) is 65.0 Å². The number of alkyl halides is 2. The number of rotatable bonds is 5. The van der Waals surface area contributed by atoms with Crippen LogP contribution in [0.4, 0.5) is 13.2 Å². The van der Waals surface area contributed by atoms with Crippen molar-refractivity contribution in [1.82, 2.24) is 0 Å². The maximum Gasteiger partial charge on any atom is 0.165 e. The third kappa shape index (κ3) is 4.48. The Balaban J connectivity index is 1.58. The molecular weight excluding hydrogens is 349 g/mol. The van der Waals surface area contributed by atoms with Crippen molar-refractivity contribution in [2.45, 2.75) is 57.3 Å². The third-order valence-corrected chi connectivity index (χ3v) is 5.81. The van der Waals surface area contributed by atoms with E-state index in [1.54, 1.807) is 30.4 Å². The van der Waals surface area contributed by atoms with E-state index in [9.17, 15) is 13.2 Å². The van der Waals surface area contributed by atoms with Gasteiger partial charge in [0.1, 0.15) is 0 Å². The van der Waals surface area contributed by atoms with E-state index in [-0.39, 0.29) is 11.6 Å². The molecule has 0 spiro atoms. The predicted molar refractivity (Wildman–Crippen MR) is 103 cm³/mol. The van der Waals surface area contributed by atoms with Crippen LogP contribution in [0.15, 0.2) is 53.6 Å². The molecule has 0 amide bonds. The zero-order valence-corrected chi connectivity index (χ0v) is 15.9. The summed E-state index contributed by atoms with van der Waals surface area (Å²) in [4.78, 5) is 0. The van der Waals surface area contributed by atoms with Gasteiger partial charge in [-0.1, -0.05) is 37.3 Å². The molecule has 2 aliphatic rings. The number of methoxy groups -OCH3 is 1. The van der Waals surface area contributed by atoms with Gasteiger partial charge in [0.2, 0.25) is 0 Å². The van der Waals surface area contributed by atoms with Crippen molar-refractivity contribution in [3.8, 4) is 5.75 Å². The van der Waals surface area contributed by atoms with Crippen LogP contribution in [0.2, 0.25) is 0 Å². The Morgan fingerprint density at radius 3 is 2.44 bits per heavy atom. The maximum absolute atomic E-state index is 14.2. The first-order chi connectivity index (χ1) is 13.0. The van der Waals surface area contributed by atoms with Crippen LogP contribution in [0.25, 0.3) is 0 Å². The molecule has 1 nitrogen and oxygen atoms in total. The van der Waals surface area contributed by atoms with Gasteiger partial charge in [-0.25, -0.2) is 13.2 Å². The summed E-state index contributed by atoms with van der Waals surface area (Å²) >= 11 is 0. The highest BCUT2D eigenvalue weighted by molar-refractivity contribution is 5.38. The Morgan fingerprint density at radius 1 is 1.07 bits per heavy atom. The average molecular weight is 376 g/mol. The van der Waals surface area contributed by atoms with Gasteiger partial charge in [-0.2, -0.15) is 0 Å². The normalized spacial score (nSPS) is 28.8. The molecule has 27 heavy (non-hydrogen) atoms. The Labute approximate surface area is 159 Å². The number of hydrogen-bond acceptors (Lipinski definition) is 1. The molecule has 1 aromatic rings. The SMILES string of the molecule is CCC1=CC=C(/C=C/C2CCC(c3ccc(OC)c(F)c3)CC2)C(F)C1F. The molecule has 0 saturated heterocycles. The highest BCUT2D eigenvalue weighted by atomic mass is 19.2. The fourth-order valence-corrected chi connectivity index (χ4v) is 4.03. The van der Waals surface area contributed by atoms with E-state index in [0.717, 1.165) is 31.2 Å². The largest absolute Gasteiger partial charge is 0.494 e. The van der Waals surface area contributed by atoms with E-state index in [2.05, 4.69) is 0 Å². The molecule has 4 heteroatoms. The van der Waals surface area contributed by atoms with Gasteiger partial charge in [0.25, 0.3) is 0 Å². The molecule has 0 radical (unpaired) electrons. The van der Waals surface area contributed by atoms with Crippen LogP contribution < -0.4 is 4.74 Å². The quantitative estimate of drug-likeness (QED) is 0.561. The van der Waals surface area contributed by atoms with Crippen LogP contribution in [0.3, 0.4) is 0 Å². The van der Waals surface area contributed by atoms with E-state index in [0.29, 0.717) is 29.4 Å². The molecule has 0 aliphatic heterocycles. The number of halogens is 3. The smallest absolute Gasteiger partial charge is 0.165 e. The standard InChI is InChI=1S/C23H27F3O/c1-3-16-10-11-18(23(26)22(16)25)9-6-15-4-7-17(8-5-15)19-12-13-21(27-2)20(24)14-19/h6,9-15,17,22-23H,3-5,7-8H2,1-2H3/b9-6+. The summed E-state index contributed by atoms with van der Waals surface area (Å²) in [5.74, 6) is 0.633. The lowest BCUT2D eigenvalue weighted by atomic mass is 9.78. The van der Waals surface area contributed by atoms with Crippen molar-refractivity contribution >= 4 is 0 Å². The summed E-state index contributed by atoms with van der Waals surface area (Å²) < 4.78 is 47.2. The van der Waals surface area contributed by atoms with Gasteiger partial charge in [0.15, 0.2) is 23.9 Å². The maximum atomic E-state index is 14.2. The Hall–Kier alpha value is -1.97. The van der Waals surface area contributed by atoms with Crippen molar-refractivity contribution in [2.24, 2.45) is 5.92 Å². The second kappa shape index (κ2) is 8.81. The minimum absolute atomic E-state index is 0.267. The van der Waals surface area contributed by atoms with Crippen LogP contribution in [-0.2, 0) is 0 Å².